The van der Waals surface area contributed by atoms with Crippen molar-refractivity contribution in [2.45, 2.75) is 50.3 Å². The average molecular weight is 486 g/mol. The highest BCUT2D eigenvalue weighted by molar-refractivity contribution is 6.25. The number of fused-ring (bicyclic) bond motifs is 3. The van der Waals surface area contributed by atoms with Crippen LogP contribution >= 0.6 is 0 Å². The summed E-state index contributed by atoms with van der Waals surface area (Å²) in [5, 5.41) is 50.0. The second kappa shape index (κ2) is 7.97. The maximum atomic E-state index is 15.7. The van der Waals surface area contributed by atoms with E-state index in [9.17, 15) is 34.8 Å². The van der Waals surface area contributed by atoms with Crippen molar-refractivity contribution in [3.05, 3.63) is 45.5 Å². The van der Waals surface area contributed by atoms with Crippen LogP contribution in [0.5, 0.6) is 5.75 Å². The maximum absolute atomic E-state index is 15.7. The highest BCUT2D eigenvalue weighted by Crippen LogP contribution is 2.52. The van der Waals surface area contributed by atoms with Crippen molar-refractivity contribution in [3.63, 3.8) is 0 Å². The van der Waals surface area contributed by atoms with Gasteiger partial charge in [0, 0.05) is 28.7 Å². The predicted molar refractivity (Wildman–Crippen MR) is 121 cm³/mol. The number of hydrogen-bond acceptors (Lipinski definition) is 9. The van der Waals surface area contributed by atoms with Crippen molar-refractivity contribution in [1.29, 1.82) is 0 Å². The number of aromatic hydroxyl groups is 1. The number of rotatable bonds is 3. The van der Waals surface area contributed by atoms with Gasteiger partial charge in [0.25, 0.3) is 0 Å². The highest BCUT2D eigenvalue weighted by Gasteiger charge is 2.63. The number of phenols is 1. The fourth-order valence-electron chi connectivity index (χ4n) is 6.38. The topological polar surface area (TPSA) is 156 Å². The third kappa shape index (κ3) is 3.06. The summed E-state index contributed by atoms with van der Waals surface area (Å²) in [5.41, 5.74) is -3.46. The molecule has 1 saturated heterocycles. The van der Waals surface area contributed by atoms with E-state index in [1.165, 1.54) is 13.1 Å². The standard InChI is InChI=1S/C25H27FN2O7/c1-9(29)16-22(32)20(27-2)13-7-10-6-12-18(21(31)17(10)24(34)25(13,35)23(16)33)15(30)8-11(19(12)26)14-4-3-5-28-14/h8,10,13-14,20,27-28,30-31,33,35H,3-7H2,1-2H3/t10-,13-,14?,20-,25+/m0/s1. The summed E-state index contributed by atoms with van der Waals surface area (Å²) in [6, 6.07) is -0.203. The molecule has 0 amide bonds. The van der Waals surface area contributed by atoms with Gasteiger partial charge in [-0.25, -0.2) is 4.39 Å². The zero-order valence-corrected chi connectivity index (χ0v) is 19.3. The lowest BCUT2D eigenvalue weighted by Crippen LogP contribution is -2.65. The van der Waals surface area contributed by atoms with Crippen LogP contribution in [-0.2, 0) is 20.8 Å². The van der Waals surface area contributed by atoms with E-state index >= 15 is 4.39 Å². The van der Waals surface area contributed by atoms with E-state index in [0.29, 0.717) is 13.0 Å². The SMILES string of the molecule is CN[C@@H]1C(=O)C(C(C)=O)=C(O)[C@@]2(O)C(=O)C3=C(O)c4c(O)cc(C5CCCN5)c(F)c4C[C@H]3C[C@@H]12. The number of aliphatic hydroxyl groups is 3. The van der Waals surface area contributed by atoms with E-state index in [-0.39, 0.29) is 41.1 Å². The van der Waals surface area contributed by atoms with Crippen LogP contribution in [-0.4, -0.2) is 63.0 Å². The van der Waals surface area contributed by atoms with E-state index in [4.69, 9.17) is 0 Å². The number of halogens is 1. The van der Waals surface area contributed by atoms with Gasteiger partial charge in [-0.05, 0) is 58.2 Å². The number of phenolic OH excluding ortho intramolecular Hbond substituents is 1. The van der Waals surface area contributed by atoms with Gasteiger partial charge in [-0.3, -0.25) is 14.4 Å². The van der Waals surface area contributed by atoms with Crippen LogP contribution in [0.2, 0.25) is 0 Å². The summed E-state index contributed by atoms with van der Waals surface area (Å²) in [6.07, 6.45) is 1.43. The van der Waals surface area contributed by atoms with Crippen LogP contribution in [0.4, 0.5) is 4.39 Å². The second-order valence-electron chi connectivity index (χ2n) is 9.81. The molecule has 3 aliphatic carbocycles. The molecule has 1 aromatic rings. The van der Waals surface area contributed by atoms with Crippen molar-refractivity contribution in [2.75, 3.05) is 13.6 Å². The van der Waals surface area contributed by atoms with Crippen molar-refractivity contribution >= 4 is 23.1 Å². The zero-order chi connectivity index (χ0) is 25.4. The largest absolute Gasteiger partial charge is 0.508 e. The number of Topliss-reactive ketones (excluding diaryl/α,β-unsaturated/α-hetero) is 3. The summed E-state index contributed by atoms with van der Waals surface area (Å²) in [4.78, 5) is 38.7. The first-order valence-electron chi connectivity index (χ1n) is 11.7. The summed E-state index contributed by atoms with van der Waals surface area (Å²) in [5.74, 6) is -7.27. The molecule has 9 nitrogen and oxygen atoms in total. The minimum Gasteiger partial charge on any atom is -0.508 e. The fraction of sp³-hybridized carbons (Fsp3) is 0.480. The van der Waals surface area contributed by atoms with Gasteiger partial charge in [0.05, 0.1) is 11.6 Å². The molecule has 0 radical (unpaired) electrons. The van der Waals surface area contributed by atoms with E-state index < -0.39 is 69.5 Å². The van der Waals surface area contributed by atoms with Crippen LogP contribution in [0.25, 0.3) is 5.76 Å². The minimum absolute atomic E-state index is 0.0539. The van der Waals surface area contributed by atoms with Crippen molar-refractivity contribution < 1.29 is 39.2 Å². The molecule has 6 N–H and O–H groups in total. The normalized spacial score (nSPS) is 32.5. The molecule has 1 unspecified atom stereocenters. The fourth-order valence-corrected chi connectivity index (χ4v) is 6.38. The van der Waals surface area contributed by atoms with Gasteiger partial charge < -0.3 is 31.1 Å². The number of carbonyl (C=O) groups excluding carboxylic acids is 3. The molecule has 0 spiro atoms. The molecular weight excluding hydrogens is 459 g/mol. The van der Waals surface area contributed by atoms with Gasteiger partial charge in [0.15, 0.2) is 17.2 Å². The Morgan fingerprint density at radius 3 is 2.57 bits per heavy atom. The van der Waals surface area contributed by atoms with E-state index in [2.05, 4.69) is 10.6 Å². The number of benzene rings is 1. The molecule has 4 aliphatic rings. The zero-order valence-electron chi connectivity index (χ0n) is 19.3. The van der Waals surface area contributed by atoms with Gasteiger partial charge in [-0.1, -0.05) is 0 Å². The van der Waals surface area contributed by atoms with Crippen molar-refractivity contribution in [2.24, 2.45) is 11.8 Å². The molecule has 1 aromatic carbocycles. The number of likely N-dealkylation sites (N-methyl/N-ethyl adjacent to an activating group) is 1. The van der Waals surface area contributed by atoms with Crippen LogP contribution in [0, 0.1) is 17.7 Å². The van der Waals surface area contributed by atoms with Crippen LogP contribution in [0.15, 0.2) is 23.0 Å². The smallest absolute Gasteiger partial charge is 0.202 e. The lowest BCUT2D eigenvalue weighted by atomic mass is 9.57. The van der Waals surface area contributed by atoms with Gasteiger partial charge >= 0.3 is 0 Å². The Labute approximate surface area is 200 Å². The molecule has 0 bridgehead atoms. The number of aliphatic hydroxyl groups excluding tert-OH is 2. The second-order valence-corrected chi connectivity index (χ2v) is 9.81. The molecule has 186 valence electrons. The van der Waals surface area contributed by atoms with Gasteiger partial charge in [-0.15, -0.1) is 0 Å². The maximum Gasteiger partial charge on any atom is 0.202 e. The first-order valence-corrected chi connectivity index (χ1v) is 11.7. The quantitative estimate of drug-likeness (QED) is 0.347. The van der Waals surface area contributed by atoms with Crippen LogP contribution < -0.4 is 10.6 Å². The lowest BCUT2D eigenvalue weighted by molar-refractivity contribution is -0.150. The minimum atomic E-state index is -2.64. The molecule has 5 rings (SSSR count). The first-order chi connectivity index (χ1) is 16.5. The Bertz CT molecular complexity index is 1250. The Morgan fingerprint density at radius 2 is 1.97 bits per heavy atom. The molecule has 10 heteroatoms. The number of carbonyl (C=O) groups is 3. The molecule has 1 aliphatic heterocycles. The van der Waals surface area contributed by atoms with Gasteiger partial charge in [-0.2, -0.15) is 0 Å². The molecule has 0 aromatic heterocycles. The van der Waals surface area contributed by atoms with Crippen molar-refractivity contribution in [1.82, 2.24) is 10.6 Å². The predicted octanol–water partition coefficient (Wildman–Crippen LogP) is 1.29. The van der Waals surface area contributed by atoms with E-state index in [0.717, 1.165) is 13.3 Å². The lowest BCUT2D eigenvalue weighted by Gasteiger charge is -2.49. The van der Waals surface area contributed by atoms with Crippen LogP contribution in [0.1, 0.15) is 48.9 Å². The Hall–Kier alpha value is -3.08. The molecule has 1 saturated carbocycles. The number of nitrogens with one attached hydrogen (secondary N) is 2. The van der Waals surface area contributed by atoms with Crippen molar-refractivity contribution in [3.8, 4) is 5.75 Å². The summed E-state index contributed by atoms with van der Waals surface area (Å²) in [6.45, 7) is 1.76. The summed E-state index contributed by atoms with van der Waals surface area (Å²) < 4.78 is 15.7. The monoisotopic (exact) mass is 486 g/mol. The summed E-state index contributed by atoms with van der Waals surface area (Å²) in [7, 11) is 1.44. The highest BCUT2D eigenvalue weighted by atomic mass is 19.1. The van der Waals surface area contributed by atoms with Gasteiger partial charge in [0.2, 0.25) is 5.78 Å². The first kappa shape index (κ1) is 23.7. The third-order valence-corrected chi connectivity index (χ3v) is 8.01. The molecule has 5 atom stereocenters. The third-order valence-electron chi connectivity index (χ3n) is 8.01. The Morgan fingerprint density at radius 1 is 1.26 bits per heavy atom. The van der Waals surface area contributed by atoms with Crippen LogP contribution in [0.3, 0.4) is 0 Å². The van der Waals surface area contributed by atoms with E-state index in [1.807, 2.05) is 0 Å². The Balaban J connectivity index is 1.70. The van der Waals surface area contributed by atoms with E-state index in [1.54, 1.807) is 0 Å². The molecule has 35 heavy (non-hydrogen) atoms. The Kier molecular flexibility index (Phi) is 5.39. The number of ketones is 3. The number of hydrogen-bond donors (Lipinski definition) is 6. The molecular formula is C25H27FN2O7. The molecule has 2 fully saturated rings. The average Bonchev–Trinajstić information content (AvgIpc) is 3.33. The van der Waals surface area contributed by atoms with Gasteiger partial charge in [0.1, 0.15) is 28.7 Å². The molecule has 1 heterocycles. The summed E-state index contributed by atoms with van der Waals surface area (Å²) >= 11 is 0.